The lowest BCUT2D eigenvalue weighted by atomic mass is 9.75. The van der Waals surface area contributed by atoms with Gasteiger partial charge in [0.25, 0.3) is 0 Å². The number of nitrogens with zero attached hydrogens (tertiary/aromatic N) is 2. The van der Waals surface area contributed by atoms with E-state index in [1.165, 1.54) is 33.4 Å². The molecule has 8 rings (SSSR count). The minimum Gasteiger partial charge on any atom is -0.474 e. The summed E-state index contributed by atoms with van der Waals surface area (Å²) in [5.74, 6) is 1.54. The van der Waals surface area contributed by atoms with Crippen molar-refractivity contribution in [3.63, 3.8) is 0 Å². The first kappa shape index (κ1) is 22.8. The van der Waals surface area contributed by atoms with Gasteiger partial charge < -0.3 is 9.47 Å². The van der Waals surface area contributed by atoms with Gasteiger partial charge in [0.1, 0.15) is 29.7 Å². The minimum absolute atomic E-state index is 0.0179. The van der Waals surface area contributed by atoms with E-state index in [4.69, 9.17) is 19.5 Å². The van der Waals surface area contributed by atoms with Crippen LogP contribution in [0.5, 0.6) is 0 Å². The molecule has 0 N–H and O–H groups in total. The first-order valence-corrected chi connectivity index (χ1v) is 14.0. The fourth-order valence-corrected chi connectivity index (χ4v) is 7.01. The summed E-state index contributed by atoms with van der Waals surface area (Å²) in [5, 5.41) is 0. The van der Waals surface area contributed by atoms with Crippen LogP contribution in [0.25, 0.3) is 0 Å². The Labute approximate surface area is 229 Å². The van der Waals surface area contributed by atoms with Crippen molar-refractivity contribution in [3.8, 4) is 0 Å². The highest BCUT2D eigenvalue weighted by molar-refractivity contribution is 6.07. The van der Waals surface area contributed by atoms with Crippen LogP contribution >= 0.6 is 0 Å². The van der Waals surface area contributed by atoms with Gasteiger partial charge in [-0.15, -0.1) is 0 Å². The van der Waals surface area contributed by atoms with Crippen molar-refractivity contribution in [2.75, 3.05) is 0 Å². The highest BCUT2D eigenvalue weighted by atomic mass is 16.5. The maximum absolute atomic E-state index is 6.87. The van der Waals surface area contributed by atoms with Crippen LogP contribution in [0.3, 0.4) is 0 Å². The van der Waals surface area contributed by atoms with Crippen LogP contribution in [0.2, 0.25) is 0 Å². The van der Waals surface area contributed by atoms with Gasteiger partial charge in [0, 0.05) is 12.8 Å². The van der Waals surface area contributed by atoms with Gasteiger partial charge in [0.05, 0.1) is 0 Å². The molecule has 0 fully saturated rings. The van der Waals surface area contributed by atoms with Gasteiger partial charge in [0.2, 0.25) is 11.8 Å². The average Bonchev–Trinajstić information content (AvgIpc) is 3.73. The van der Waals surface area contributed by atoms with E-state index in [0.717, 1.165) is 24.6 Å². The molecule has 0 amide bonds. The molecule has 4 nitrogen and oxygen atoms in total. The lowest BCUT2D eigenvalue weighted by Gasteiger charge is -2.34. The Bertz CT molecular complexity index is 1470. The number of ether oxygens (including phenoxy) is 2. The number of hydrogen-bond acceptors (Lipinski definition) is 4. The van der Waals surface area contributed by atoms with E-state index in [9.17, 15) is 0 Å². The summed E-state index contributed by atoms with van der Waals surface area (Å²) in [6, 6.07) is 38.6. The SMILES string of the molecule is c1ccc(CC(Cc2ccccc2)(C2=NC3c4ccccc4CC3O2)C2=NC3c4ccccc4CC3O2)cc1. The molecule has 0 saturated carbocycles. The second-order valence-corrected chi connectivity index (χ2v) is 11.3. The van der Waals surface area contributed by atoms with Gasteiger partial charge in [0.15, 0.2) is 0 Å². The molecule has 4 heteroatoms. The molecular formula is C35H30N2O2. The molecule has 2 heterocycles. The Kier molecular flexibility index (Phi) is 5.22. The van der Waals surface area contributed by atoms with Crippen LogP contribution < -0.4 is 0 Å². The predicted molar refractivity (Wildman–Crippen MR) is 153 cm³/mol. The molecule has 4 aromatic rings. The molecular weight excluding hydrogens is 480 g/mol. The molecule has 192 valence electrons. The molecule has 4 atom stereocenters. The summed E-state index contributed by atoms with van der Waals surface area (Å²) in [5.41, 5.74) is 7.06. The van der Waals surface area contributed by atoms with Gasteiger partial charge in [-0.1, -0.05) is 109 Å². The molecule has 4 aliphatic rings. The quantitative estimate of drug-likeness (QED) is 0.292. The van der Waals surface area contributed by atoms with Gasteiger partial charge in [-0.2, -0.15) is 0 Å². The average molecular weight is 511 g/mol. The fourth-order valence-electron chi connectivity index (χ4n) is 7.01. The molecule has 2 aliphatic heterocycles. The van der Waals surface area contributed by atoms with Crippen LogP contribution in [-0.2, 0) is 35.2 Å². The van der Waals surface area contributed by atoms with Gasteiger partial charge in [-0.3, -0.25) is 0 Å². The predicted octanol–water partition coefficient (Wildman–Crippen LogP) is 6.65. The third kappa shape index (κ3) is 3.73. The van der Waals surface area contributed by atoms with E-state index in [-0.39, 0.29) is 24.3 Å². The van der Waals surface area contributed by atoms with Crippen molar-refractivity contribution in [1.82, 2.24) is 0 Å². The lowest BCUT2D eigenvalue weighted by Crippen LogP contribution is -2.45. The van der Waals surface area contributed by atoms with E-state index < -0.39 is 5.41 Å². The van der Waals surface area contributed by atoms with Crippen LogP contribution in [0.1, 0.15) is 45.5 Å². The van der Waals surface area contributed by atoms with Crippen molar-refractivity contribution in [2.45, 2.75) is 50.0 Å². The maximum atomic E-state index is 6.87. The Hall–Kier alpha value is -4.18. The minimum atomic E-state index is -0.638. The van der Waals surface area contributed by atoms with Crippen LogP contribution in [0, 0.1) is 5.41 Å². The molecule has 4 unspecified atom stereocenters. The number of benzene rings is 4. The van der Waals surface area contributed by atoms with Crippen molar-refractivity contribution in [3.05, 3.63) is 143 Å². The van der Waals surface area contributed by atoms with E-state index >= 15 is 0 Å². The number of fused-ring (bicyclic) bond motifs is 6. The van der Waals surface area contributed by atoms with Crippen molar-refractivity contribution in [2.24, 2.45) is 15.4 Å². The van der Waals surface area contributed by atoms with Crippen molar-refractivity contribution >= 4 is 11.8 Å². The monoisotopic (exact) mass is 510 g/mol. The molecule has 39 heavy (non-hydrogen) atoms. The molecule has 0 spiro atoms. The third-order valence-electron chi connectivity index (χ3n) is 8.85. The highest BCUT2D eigenvalue weighted by Gasteiger charge is 2.54. The maximum Gasteiger partial charge on any atom is 0.201 e. The highest BCUT2D eigenvalue weighted by Crippen LogP contribution is 2.49. The zero-order valence-corrected chi connectivity index (χ0v) is 21.7. The van der Waals surface area contributed by atoms with Gasteiger partial charge in [-0.25, -0.2) is 9.98 Å². The second-order valence-electron chi connectivity index (χ2n) is 11.3. The van der Waals surface area contributed by atoms with E-state index in [1.807, 2.05) is 0 Å². The zero-order chi connectivity index (χ0) is 25.8. The lowest BCUT2D eigenvalue weighted by molar-refractivity contribution is 0.162. The molecule has 0 aromatic heterocycles. The molecule has 0 saturated heterocycles. The van der Waals surface area contributed by atoms with E-state index in [2.05, 4.69) is 109 Å². The summed E-state index contributed by atoms with van der Waals surface area (Å²) in [4.78, 5) is 10.7. The summed E-state index contributed by atoms with van der Waals surface area (Å²) < 4.78 is 13.7. The molecule has 0 bridgehead atoms. The van der Waals surface area contributed by atoms with Gasteiger partial charge >= 0.3 is 0 Å². The number of rotatable bonds is 6. The third-order valence-corrected chi connectivity index (χ3v) is 8.85. The standard InChI is InChI=1S/C35H30N2O2/c1-3-11-23(12-4-1)21-35(22-24-13-5-2-6-14-24,33-36-31-27-17-9-7-15-25(27)19-29(31)38-33)34-37-32-28-18-10-8-16-26(28)20-30(32)39-34/h1-18,29-32H,19-22H2. The van der Waals surface area contributed by atoms with E-state index in [1.54, 1.807) is 0 Å². The fraction of sp³-hybridized carbons (Fsp3) is 0.257. The zero-order valence-electron chi connectivity index (χ0n) is 21.7. The molecule has 0 radical (unpaired) electrons. The Morgan fingerprint density at radius 2 is 0.949 bits per heavy atom. The first-order chi connectivity index (χ1) is 19.3. The molecule has 4 aromatic carbocycles. The van der Waals surface area contributed by atoms with Crippen molar-refractivity contribution < 1.29 is 9.47 Å². The largest absolute Gasteiger partial charge is 0.474 e. The summed E-state index contributed by atoms with van der Waals surface area (Å²) in [6.07, 6.45) is 3.22. The Morgan fingerprint density at radius 1 is 0.538 bits per heavy atom. The van der Waals surface area contributed by atoms with Crippen LogP contribution in [0.15, 0.2) is 119 Å². The number of hydrogen-bond donors (Lipinski definition) is 0. The normalized spacial score (nSPS) is 24.1. The van der Waals surface area contributed by atoms with Crippen LogP contribution in [-0.4, -0.2) is 24.0 Å². The smallest absolute Gasteiger partial charge is 0.201 e. The summed E-state index contributed by atoms with van der Waals surface area (Å²) in [7, 11) is 0. The molecule has 2 aliphatic carbocycles. The first-order valence-electron chi connectivity index (χ1n) is 14.0. The second kappa shape index (κ2) is 8.94. The van der Waals surface area contributed by atoms with Gasteiger partial charge in [-0.05, 0) is 46.2 Å². The Morgan fingerprint density at radius 3 is 1.41 bits per heavy atom. The summed E-state index contributed by atoms with van der Waals surface area (Å²) >= 11 is 0. The number of aliphatic imine (C=N–C) groups is 2. The van der Waals surface area contributed by atoms with Crippen molar-refractivity contribution in [1.29, 1.82) is 0 Å². The topological polar surface area (TPSA) is 43.2 Å². The van der Waals surface area contributed by atoms with E-state index in [0.29, 0.717) is 12.8 Å². The Balaban J connectivity index is 1.28. The van der Waals surface area contributed by atoms with Crippen LogP contribution in [0.4, 0.5) is 0 Å². The summed E-state index contributed by atoms with van der Waals surface area (Å²) in [6.45, 7) is 0.